The standard InChI is InChI=1S/C19H25NO5/c1-23-16-8-15(9-17(10-16)24-2)20-18(21)11-25-19(22)7-14-6-12-3-4-13(14)5-12/h8-10,12-14H,3-7,11H2,1-2H3,(H,20,21)/t12-,13-,14-/m1/s1. The molecule has 1 aromatic carbocycles. The minimum atomic E-state index is -0.378. The Morgan fingerprint density at radius 1 is 1.08 bits per heavy atom. The summed E-state index contributed by atoms with van der Waals surface area (Å²) in [6.45, 7) is -0.279. The number of carbonyl (C=O) groups excluding carboxylic acids is 2. The number of fused-ring (bicyclic) bond motifs is 2. The summed E-state index contributed by atoms with van der Waals surface area (Å²) in [7, 11) is 3.08. The summed E-state index contributed by atoms with van der Waals surface area (Å²) in [5.41, 5.74) is 0.533. The van der Waals surface area contributed by atoms with Crippen LogP contribution in [0.1, 0.15) is 32.1 Å². The molecule has 0 spiro atoms. The maximum Gasteiger partial charge on any atom is 0.306 e. The second-order valence-electron chi connectivity index (χ2n) is 6.95. The van der Waals surface area contributed by atoms with E-state index in [1.54, 1.807) is 18.2 Å². The highest BCUT2D eigenvalue weighted by molar-refractivity contribution is 5.93. The molecule has 0 saturated heterocycles. The molecule has 3 atom stereocenters. The van der Waals surface area contributed by atoms with Crippen LogP contribution in [0.25, 0.3) is 0 Å². The van der Waals surface area contributed by atoms with Gasteiger partial charge in [-0.05, 0) is 37.0 Å². The molecule has 0 aliphatic heterocycles. The summed E-state index contributed by atoms with van der Waals surface area (Å²) in [5, 5.41) is 2.69. The van der Waals surface area contributed by atoms with Crippen LogP contribution in [0.3, 0.4) is 0 Å². The lowest BCUT2D eigenvalue weighted by atomic mass is 9.86. The van der Waals surface area contributed by atoms with Gasteiger partial charge in [0.1, 0.15) is 11.5 Å². The molecule has 6 nitrogen and oxygen atoms in total. The van der Waals surface area contributed by atoms with Crippen LogP contribution in [0.4, 0.5) is 5.69 Å². The fraction of sp³-hybridized carbons (Fsp3) is 0.579. The Hall–Kier alpha value is -2.24. The van der Waals surface area contributed by atoms with Gasteiger partial charge in [0, 0.05) is 30.3 Å². The minimum absolute atomic E-state index is 0.279. The average molecular weight is 347 g/mol. The summed E-state index contributed by atoms with van der Waals surface area (Å²) < 4.78 is 15.5. The number of rotatable bonds is 7. The van der Waals surface area contributed by atoms with Crippen LogP contribution in [-0.4, -0.2) is 32.7 Å². The summed E-state index contributed by atoms with van der Waals surface area (Å²) in [6.07, 6.45) is 5.37. The molecule has 0 unspecified atom stereocenters. The smallest absolute Gasteiger partial charge is 0.306 e. The van der Waals surface area contributed by atoms with Crippen molar-refractivity contribution in [2.75, 3.05) is 26.1 Å². The van der Waals surface area contributed by atoms with Crippen molar-refractivity contribution in [3.05, 3.63) is 18.2 Å². The van der Waals surface area contributed by atoms with Gasteiger partial charge in [-0.1, -0.05) is 6.42 Å². The van der Waals surface area contributed by atoms with Crippen LogP contribution in [0.15, 0.2) is 18.2 Å². The van der Waals surface area contributed by atoms with Crippen molar-refractivity contribution in [2.45, 2.75) is 32.1 Å². The largest absolute Gasteiger partial charge is 0.497 e. The normalized spacial score (nSPS) is 24.0. The second-order valence-corrected chi connectivity index (χ2v) is 6.95. The van der Waals surface area contributed by atoms with E-state index in [1.807, 2.05) is 0 Å². The lowest BCUT2D eigenvalue weighted by Gasteiger charge is -2.20. The molecule has 3 rings (SSSR count). The number of amides is 1. The highest BCUT2D eigenvalue weighted by atomic mass is 16.5. The molecular formula is C19H25NO5. The van der Waals surface area contributed by atoms with Crippen molar-refractivity contribution >= 4 is 17.6 Å². The number of nitrogens with one attached hydrogen (secondary N) is 1. The van der Waals surface area contributed by atoms with Crippen molar-refractivity contribution in [3.63, 3.8) is 0 Å². The zero-order valence-corrected chi connectivity index (χ0v) is 14.7. The van der Waals surface area contributed by atoms with Gasteiger partial charge in [-0.2, -0.15) is 0 Å². The zero-order valence-electron chi connectivity index (χ0n) is 14.7. The molecule has 1 N–H and O–H groups in total. The predicted octanol–water partition coefficient (Wildman–Crippen LogP) is 3.01. The third-order valence-corrected chi connectivity index (χ3v) is 5.31. The molecule has 6 heteroatoms. The lowest BCUT2D eigenvalue weighted by molar-refractivity contribution is -0.148. The summed E-state index contributed by atoms with van der Waals surface area (Å²) in [4.78, 5) is 24.0. The maximum atomic E-state index is 12.0. The molecular weight excluding hydrogens is 322 g/mol. The topological polar surface area (TPSA) is 73.9 Å². The van der Waals surface area contributed by atoms with E-state index in [0.29, 0.717) is 35.4 Å². The summed E-state index contributed by atoms with van der Waals surface area (Å²) in [5.74, 6) is 2.40. The minimum Gasteiger partial charge on any atom is -0.497 e. The quantitative estimate of drug-likeness (QED) is 0.768. The first kappa shape index (κ1) is 17.6. The number of ether oxygens (including phenoxy) is 3. The SMILES string of the molecule is COc1cc(NC(=O)COC(=O)C[C@H]2C[C@@H]3CC[C@@H]2C3)cc(OC)c1. The molecule has 2 aliphatic rings. The highest BCUT2D eigenvalue weighted by Gasteiger charge is 2.40. The Bertz CT molecular complexity index is 622. The molecule has 0 radical (unpaired) electrons. The predicted molar refractivity (Wildman–Crippen MR) is 92.7 cm³/mol. The second kappa shape index (κ2) is 7.76. The summed E-state index contributed by atoms with van der Waals surface area (Å²) >= 11 is 0. The first-order valence-electron chi connectivity index (χ1n) is 8.76. The molecule has 2 aliphatic carbocycles. The molecule has 0 aromatic heterocycles. The van der Waals surface area contributed by atoms with Crippen LogP contribution >= 0.6 is 0 Å². The van der Waals surface area contributed by atoms with E-state index in [2.05, 4.69) is 5.32 Å². The van der Waals surface area contributed by atoms with Crippen molar-refractivity contribution < 1.29 is 23.8 Å². The maximum absolute atomic E-state index is 12.0. The van der Waals surface area contributed by atoms with Crippen molar-refractivity contribution in [2.24, 2.45) is 17.8 Å². The summed E-state index contributed by atoms with van der Waals surface area (Å²) in [6, 6.07) is 5.07. The Balaban J connectivity index is 1.45. The van der Waals surface area contributed by atoms with Gasteiger partial charge in [0.05, 0.1) is 14.2 Å². The Labute approximate surface area is 147 Å². The number of hydrogen-bond acceptors (Lipinski definition) is 5. The number of benzene rings is 1. The molecule has 2 fully saturated rings. The number of anilines is 1. The van der Waals surface area contributed by atoms with E-state index >= 15 is 0 Å². The average Bonchev–Trinajstić information content (AvgIpc) is 3.22. The molecule has 1 amide bonds. The van der Waals surface area contributed by atoms with Crippen molar-refractivity contribution in [3.8, 4) is 11.5 Å². The van der Waals surface area contributed by atoms with Gasteiger partial charge in [0.15, 0.2) is 6.61 Å². The van der Waals surface area contributed by atoms with E-state index in [0.717, 1.165) is 12.3 Å². The molecule has 1 aromatic rings. The van der Waals surface area contributed by atoms with Crippen molar-refractivity contribution in [1.29, 1.82) is 0 Å². The van der Waals surface area contributed by atoms with Gasteiger partial charge in [-0.15, -0.1) is 0 Å². The monoisotopic (exact) mass is 347 g/mol. The third-order valence-electron chi connectivity index (χ3n) is 5.31. The van der Waals surface area contributed by atoms with Gasteiger partial charge in [-0.3, -0.25) is 9.59 Å². The van der Waals surface area contributed by atoms with Crippen LogP contribution in [0, 0.1) is 17.8 Å². The number of hydrogen-bond donors (Lipinski definition) is 1. The fourth-order valence-corrected chi connectivity index (χ4v) is 4.12. The highest BCUT2D eigenvalue weighted by Crippen LogP contribution is 2.49. The van der Waals surface area contributed by atoms with Gasteiger partial charge >= 0.3 is 5.97 Å². The van der Waals surface area contributed by atoms with E-state index in [-0.39, 0.29) is 18.5 Å². The van der Waals surface area contributed by atoms with E-state index < -0.39 is 0 Å². The van der Waals surface area contributed by atoms with Gasteiger partial charge in [0.2, 0.25) is 0 Å². The molecule has 2 bridgehead atoms. The first-order valence-corrected chi connectivity index (χ1v) is 8.76. The zero-order chi connectivity index (χ0) is 17.8. The van der Waals surface area contributed by atoms with Gasteiger partial charge < -0.3 is 19.5 Å². The first-order chi connectivity index (χ1) is 12.1. The van der Waals surface area contributed by atoms with Gasteiger partial charge in [0.25, 0.3) is 5.91 Å². The Morgan fingerprint density at radius 2 is 1.80 bits per heavy atom. The lowest BCUT2D eigenvalue weighted by Crippen LogP contribution is -2.23. The molecule has 136 valence electrons. The number of carbonyl (C=O) groups is 2. The van der Waals surface area contributed by atoms with Crippen LogP contribution in [-0.2, 0) is 14.3 Å². The molecule has 25 heavy (non-hydrogen) atoms. The third kappa shape index (κ3) is 4.44. The number of esters is 1. The van der Waals surface area contributed by atoms with Crippen molar-refractivity contribution in [1.82, 2.24) is 0 Å². The van der Waals surface area contributed by atoms with Crippen LogP contribution in [0.5, 0.6) is 11.5 Å². The van der Waals surface area contributed by atoms with Crippen LogP contribution in [0.2, 0.25) is 0 Å². The molecule has 2 saturated carbocycles. The fourth-order valence-electron chi connectivity index (χ4n) is 4.12. The Morgan fingerprint density at radius 3 is 2.36 bits per heavy atom. The Kier molecular flexibility index (Phi) is 5.46. The van der Waals surface area contributed by atoms with Crippen LogP contribution < -0.4 is 14.8 Å². The van der Waals surface area contributed by atoms with Gasteiger partial charge in [-0.25, -0.2) is 0 Å². The van der Waals surface area contributed by atoms with E-state index in [9.17, 15) is 9.59 Å². The number of methoxy groups -OCH3 is 2. The van der Waals surface area contributed by atoms with E-state index in [4.69, 9.17) is 14.2 Å². The van der Waals surface area contributed by atoms with E-state index in [1.165, 1.54) is 33.5 Å². The molecule has 0 heterocycles.